The maximum atomic E-state index is 13.0. The maximum absolute atomic E-state index is 13.0. The van der Waals surface area contributed by atoms with Crippen LogP contribution >= 0.6 is 0 Å². The van der Waals surface area contributed by atoms with E-state index in [1.165, 1.54) is 64.0 Å². The molecule has 2 heterocycles. The predicted octanol–water partition coefficient (Wildman–Crippen LogP) is 0.589. The summed E-state index contributed by atoms with van der Waals surface area (Å²) < 4.78 is 2.47. The molecule has 2 aromatic heterocycles. The van der Waals surface area contributed by atoms with Crippen LogP contribution in [-0.2, 0) is 0 Å². The van der Waals surface area contributed by atoms with Crippen molar-refractivity contribution in [3.8, 4) is 11.4 Å². The number of rotatable bonds is 5. The molecule has 2 aromatic carbocycles. The van der Waals surface area contributed by atoms with Crippen molar-refractivity contribution in [1.29, 1.82) is 0 Å². The van der Waals surface area contributed by atoms with Gasteiger partial charge in [0, 0.05) is 5.69 Å². The molecular weight excluding hydrogens is 428 g/mol. The molecule has 0 amide bonds. The van der Waals surface area contributed by atoms with E-state index in [2.05, 4.69) is 16.8 Å². The van der Waals surface area contributed by atoms with Crippen LogP contribution < -0.4 is 21.7 Å². The molecule has 0 unspecified atom stereocenters. The molecule has 10 heteroatoms. The Morgan fingerprint density at radius 2 is 1.27 bits per heavy atom. The topological polar surface area (TPSA) is 150 Å². The lowest BCUT2D eigenvalue weighted by atomic mass is 10.2. The smallest absolute Gasteiger partial charge is 0.335 e. The van der Waals surface area contributed by atoms with Crippen LogP contribution in [0.2, 0.25) is 0 Å². The number of benzene rings is 2. The van der Waals surface area contributed by atoms with Crippen LogP contribution in [0.25, 0.3) is 24.0 Å². The summed E-state index contributed by atoms with van der Waals surface area (Å²) in [4.78, 5) is 48.1. The van der Waals surface area contributed by atoms with Gasteiger partial charge in [0.15, 0.2) is 0 Å². The van der Waals surface area contributed by atoms with Gasteiger partial charge >= 0.3 is 11.9 Å². The van der Waals surface area contributed by atoms with E-state index in [4.69, 9.17) is 10.2 Å². The average Bonchev–Trinajstić information content (AvgIpc) is 3.24. The second-order valence-corrected chi connectivity index (χ2v) is 7.28. The van der Waals surface area contributed by atoms with Gasteiger partial charge < -0.3 is 10.2 Å². The number of aromatic carboxylic acids is 2. The van der Waals surface area contributed by atoms with Crippen molar-refractivity contribution in [2.75, 3.05) is 0 Å². The van der Waals surface area contributed by atoms with Gasteiger partial charge in [0.25, 0.3) is 11.1 Å². The average molecular weight is 446 g/mol. The van der Waals surface area contributed by atoms with Crippen molar-refractivity contribution in [3.63, 3.8) is 0 Å². The summed E-state index contributed by atoms with van der Waals surface area (Å²) in [5, 5.41) is 24.3. The third kappa shape index (κ3) is 3.81. The highest BCUT2D eigenvalue weighted by Crippen LogP contribution is 2.10. The first-order chi connectivity index (χ1) is 15.7. The molecule has 33 heavy (non-hydrogen) atoms. The molecule has 0 spiro atoms. The molecule has 0 atom stereocenters. The van der Waals surface area contributed by atoms with Crippen molar-refractivity contribution in [3.05, 3.63) is 102 Å². The Hall–Kier alpha value is -4.86. The Morgan fingerprint density at radius 1 is 0.818 bits per heavy atom. The van der Waals surface area contributed by atoms with Crippen molar-refractivity contribution < 1.29 is 19.8 Å². The maximum Gasteiger partial charge on any atom is 0.335 e. The number of carboxylic acid groups (broad SMARTS) is 2. The molecule has 4 N–H and O–H groups in total. The number of hydrogen-bond donors (Lipinski definition) is 4. The van der Waals surface area contributed by atoms with Gasteiger partial charge in [0.1, 0.15) is 0 Å². The van der Waals surface area contributed by atoms with Gasteiger partial charge in [-0.05, 0) is 61.5 Å². The first kappa shape index (κ1) is 21.4. The van der Waals surface area contributed by atoms with Gasteiger partial charge in [-0.15, -0.1) is 0 Å². The summed E-state index contributed by atoms with van der Waals surface area (Å²) >= 11 is 0. The number of aryl methyl sites for hydroxylation is 1. The lowest BCUT2D eigenvalue weighted by Crippen LogP contribution is -2.34. The zero-order valence-electron chi connectivity index (χ0n) is 17.3. The normalized spacial score (nSPS) is 11.6. The predicted molar refractivity (Wildman–Crippen MR) is 120 cm³/mol. The van der Waals surface area contributed by atoms with E-state index in [1.807, 2.05) is 0 Å². The molecule has 0 aliphatic heterocycles. The van der Waals surface area contributed by atoms with Crippen LogP contribution in [0.3, 0.4) is 0 Å². The SMILES string of the molecule is C=c1[nH]n(-c2ccc(C(=O)O)cc2)c(=O)c1=Cc1c(C)[nH]n(-c2ccc(C(=O)O)cc2)c1=O. The summed E-state index contributed by atoms with van der Waals surface area (Å²) in [6.07, 6.45) is 1.43. The van der Waals surface area contributed by atoms with Crippen molar-refractivity contribution >= 4 is 24.6 Å². The van der Waals surface area contributed by atoms with Crippen LogP contribution in [-0.4, -0.2) is 41.7 Å². The highest BCUT2D eigenvalue weighted by atomic mass is 16.4. The first-order valence-electron chi connectivity index (χ1n) is 9.68. The van der Waals surface area contributed by atoms with E-state index in [0.717, 1.165) is 0 Å². The standard InChI is InChI=1S/C23H18N4O6/c1-12-18(20(28)26(24-12)16-7-3-14(4-8-16)22(30)31)11-19-13(2)25-27(21(19)29)17-9-5-15(6-10-17)23(32)33/h3-11,24-25H,1H2,2H3,(H,30,31)(H,32,33). The van der Waals surface area contributed by atoms with Crippen LogP contribution in [0.1, 0.15) is 32.0 Å². The number of carboxylic acids is 2. The number of aromatic nitrogens is 4. The molecule has 0 saturated carbocycles. The molecular formula is C23H18N4O6. The zero-order valence-corrected chi connectivity index (χ0v) is 17.3. The number of aromatic amines is 2. The Kier molecular flexibility index (Phi) is 5.18. The fourth-order valence-electron chi connectivity index (χ4n) is 3.39. The van der Waals surface area contributed by atoms with E-state index in [-0.39, 0.29) is 27.3 Å². The molecule has 0 radical (unpaired) electrons. The summed E-state index contributed by atoms with van der Waals surface area (Å²) in [5.74, 6) is -2.15. The molecule has 4 rings (SSSR count). The van der Waals surface area contributed by atoms with Crippen LogP contribution in [0.4, 0.5) is 0 Å². The fourth-order valence-corrected chi connectivity index (χ4v) is 3.39. The molecule has 0 aliphatic carbocycles. The van der Waals surface area contributed by atoms with Crippen LogP contribution in [0.15, 0.2) is 58.1 Å². The van der Waals surface area contributed by atoms with Gasteiger partial charge in [0.2, 0.25) is 0 Å². The Balaban J connectivity index is 1.80. The third-order valence-corrected chi connectivity index (χ3v) is 5.16. The zero-order chi connectivity index (χ0) is 23.9. The molecule has 4 aromatic rings. The summed E-state index contributed by atoms with van der Waals surface area (Å²) in [5.41, 5.74) is 0.885. The number of nitrogens with one attached hydrogen (secondary N) is 2. The summed E-state index contributed by atoms with van der Waals surface area (Å²) in [6.45, 7) is 5.52. The first-order valence-corrected chi connectivity index (χ1v) is 9.68. The largest absolute Gasteiger partial charge is 0.478 e. The number of nitrogens with zero attached hydrogens (tertiary/aromatic N) is 2. The van der Waals surface area contributed by atoms with E-state index in [9.17, 15) is 19.2 Å². The van der Waals surface area contributed by atoms with E-state index in [0.29, 0.717) is 17.1 Å². The van der Waals surface area contributed by atoms with Crippen molar-refractivity contribution in [2.45, 2.75) is 6.92 Å². The minimum atomic E-state index is -1.08. The van der Waals surface area contributed by atoms with Crippen LogP contribution in [0.5, 0.6) is 0 Å². The highest BCUT2D eigenvalue weighted by molar-refractivity contribution is 5.88. The lowest BCUT2D eigenvalue weighted by Gasteiger charge is -2.01. The third-order valence-electron chi connectivity index (χ3n) is 5.16. The molecule has 0 saturated heterocycles. The monoisotopic (exact) mass is 446 g/mol. The molecule has 0 fully saturated rings. The second kappa shape index (κ2) is 8.00. The van der Waals surface area contributed by atoms with Crippen LogP contribution in [0, 0.1) is 6.92 Å². The summed E-state index contributed by atoms with van der Waals surface area (Å²) in [6, 6.07) is 11.5. The van der Waals surface area contributed by atoms with Gasteiger partial charge in [-0.1, -0.05) is 6.58 Å². The fraction of sp³-hybridized carbons (Fsp3) is 0.0435. The Bertz CT molecular complexity index is 1620. The number of H-pyrrole nitrogens is 2. The second-order valence-electron chi connectivity index (χ2n) is 7.28. The quantitative estimate of drug-likeness (QED) is 0.352. The Morgan fingerprint density at radius 3 is 1.73 bits per heavy atom. The van der Waals surface area contributed by atoms with E-state index < -0.39 is 23.1 Å². The van der Waals surface area contributed by atoms with Gasteiger partial charge in [-0.25, -0.2) is 19.0 Å². The van der Waals surface area contributed by atoms with Gasteiger partial charge in [-0.3, -0.25) is 19.8 Å². The lowest BCUT2D eigenvalue weighted by molar-refractivity contribution is 0.0686. The Labute approximate surface area is 184 Å². The van der Waals surface area contributed by atoms with Gasteiger partial charge in [0.05, 0.1) is 38.6 Å². The minimum Gasteiger partial charge on any atom is -0.478 e. The van der Waals surface area contributed by atoms with E-state index >= 15 is 0 Å². The molecule has 0 aliphatic rings. The highest BCUT2D eigenvalue weighted by Gasteiger charge is 2.13. The molecule has 166 valence electrons. The summed E-state index contributed by atoms with van der Waals surface area (Å²) in [7, 11) is 0. The van der Waals surface area contributed by atoms with Crippen molar-refractivity contribution in [1.82, 2.24) is 19.6 Å². The van der Waals surface area contributed by atoms with Crippen molar-refractivity contribution in [2.24, 2.45) is 0 Å². The molecule has 0 bridgehead atoms. The number of carbonyl (C=O) groups is 2. The van der Waals surface area contributed by atoms with Gasteiger partial charge in [-0.2, -0.15) is 0 Å². The van der Waals surface area contributed by atoms with E-state index in [1.54, 1.807) is 6.92 Å². The number of hydrogen-bond acceptors (Lipinski definition) is 4. The minimum absolute atomic E-state index is 0.0832. The molecule has 10 nitrogen and oxygen atoms in total.